The first-order chi connectivity index (χ1) is 22.5. The van der Waals surface area contributed by atoms with Gasteiger partial charge in [0.15, 0.2) is 5.76 Å². The third kappa shape index (κ3) is 9.32. The fourth-order valence-corrected chi connectivity index (χ4v) is 5.55. The lowest BCUT2D eigenvalue weighted by molar-refractivity contribution is -0.0149. The van der Waals surface area contributed by atoms with Gasteiger partial charge in [-0.25, -0.2) is 4.79 Å². The van der Waals surface area contributed by atoms with Crippen molar-refractivity contribution in [2.24, 2.45) is 5.92 Å². The van der Waals surface area contributed by atoms with Gasteiger partial charge in [-0.05, 0) is 77.3 Å². The molecular weight excluding hydrogens is 602 g/mol. The molecule has 0 radical (unpaired) electrons. The highest BCUT2D eigenvalue weighted by Crippen LogP contribution is 2.29. The van der Waals surface area contributed by atoms with E-state index in [-0.39, 0.29) is 48.7 Å². The van der Waals surface area contributed by atoms with Crippen molar-refractivity contribution >= 4 is 29.2 Å². The highest BCUT2D eigenvalue weighted by Gasteiger charge is 2.31. The lowest BCUT2D eigenvalue weighted by Gasteiger charge is -2.36. The Morgan fingerprint density at radius 1 is 1.11 bits per heavy atom. The second kappa shape index (κ2) is 16.4. The lowest BCUT2D eigenvalue weighted by Crippen LogP contribution is -2.48. The van der Waals surface area contributed by atoms with Crippen molar-refractivity contribution in [3.63, 3.8) is 0 Å². The molecule has 254 valence electrons. The summed E-state index contributed by atoms with van der Waals surface area (Å²) in [4.78, 5) is 43.7. The van der Waals surface area contributed by atoms with Crippen molar-refractivity contribution in [1.82, 2.24) is 15.0 Å². The maximum atomic E-state index is 14.3. The Kier molecular flexibility index (Phi) is 12.4. The van der Waals surface area contributed by atoms with Gasteiger partial charge in [-0.2, -0.15) is 0 Å². The van der Waals surface area contributed by atoms with Crippen LogP contribution in [0, 0.1) is 19.8 Å². The van der Waals surface area contributed by atoms with E-state index in [2.05, 4.69) is 15.8 Å². The van der Waals surface area contributed by atoms with Crippen LogP contribution in [0.3, 0.4) is 0 Å². The summed E-state index contributed by atoms with van der Waals surface area (Å²) in [5.41, 5.74) is 2.24. The van der Waals surface area contributed by atoms with Crippen molar-refractivity contribution in [2.45, 2.75) is 72.1 Å². The number of nitrogens with zero attached hydrogens (tertiary/aromatic N) is 3. The molecule has 1 aliphatic heterocycles. The second-order valence-electron chi connectivity index (χ2n) is 12.3. The predicted octanol–water partition coefficient (Wildman–Crippen LogP) is 5.50. The molecule has 2 heterocycles. The number of fused-ring (bicyclic) bond motifs is 1. The van der Waals surface area contributed by atoms with E-state index in [1.54, 1.807) is 68.0 Å². The number of urea groups is 1. The Bertz CT molecular complexity index is 1490. The van der Waals surface area contributed by atoms with Crippen LogP contribution < -0.4 is 15.4 Å². The third-order valence-electron chi connectivity index (χ3n) is 8.40. The largest absolute Gasteiger partial charge is 0.490 e. The number of aromatic nitrogens is 1. The number of aliphatic hydroxyl groups excluding tert-OH is 1. The van der Waals surface area contributed by atoms with Crippen molar-refractivity contribution in [3.8, 4) is 5.75 Å². The van der Waals surface area contributed by atoms with Gasteiger partial charge in [-0.15, -0.1) is 0 Å². The lowest BCUT2D eigenvalue weighted by atomic mass is 10.0. The van der Waals surface area contributed by atoms with Gasteiger partial charge in [-0.3, -0.25) is 9.59 Å². The maximum absolute atomic E-state index is 14.3. The molecule has 1 aliphatic rings. The molecule has 0 saturated carbocycles. The Morgan fingerprint density at radius 2 is 1.85 bits per heavy atom. The summed E-state index contributed by atoms with van der Waals surface area (Å²) < 4.78 is 17.8. The predicted molar refractivity (Wildman–Crippen MR) is 179 cm³/mol. The molecule has 4 rings (SSSR count). The number of aliphatic hydroxyl groups is 1. The van der Waals surface area contributed by atoms with Gasteiger partial charge in [0.05, 0.1) is 30.4 Å². The minimum atomic E-state index is -0.535. The number of ether oxygens (including phenoxy) is 2. The highest BCUT2D eigenvalue weighted by atomic mass is 16.5. The van der Waals surface area contributed by atoms with Crippen LogP contribution in [0.1, 0.15) is 72.2 Å². The van der Waals surface area contributed by atoms with Gasteiger partial charge in [0.2, 0.25) is 0 Å². The van der Waals surface area contributed by atoms with E-state index >= 15 is 0 Å². The summed E-state index contributed by atoms with van der Waals surface area (Å²) >= 11 is 0. The first-order valence-corrected chi connectivity index (χ1v) is 16.1. The SMILES string of the molecule is Cc1noc(C)c1NC(=O)Nc1ccc2c(c1)C(=O)N([C@H](C)CO)C[C@@H](C)[C@H](CN(C)C(=O)c1ccccc1)OCCCC[C@H](C)O2. The molecule has 0 unspecified atom stereocenters. The zero-order chi connectivity index (χ0) is 34.1. The van der Waals surface area contributed by atoms with Crippen LogP contribution in [0.15, 0.2) is 53.1 Å². The Labute approximate surface area is 276 Å². The number of rotatable bonds is 7. The van der Waals surface area contributed by atoms with E-state index in [0.29, 0.717) is 47.3 Å². The molecule has 0 saturated heterocycles. The average Bonchev–Trinajstić information content (AvgIpc) is 3.37. The van der Waals surface area contributed by atoms with Crippen LogP contribution in [0.5, 0.6) is 5.75 Å². The van der Waals surface area contributed by atoms with Crippen LogP contribution in [0.25, 0.3) is 0 Å². The van der Waals surface area contributed by atoms with Gasteiger partial charge >= 0.3 is 6.03 Å². The molecule has 0 fully saturated rings. The summed E-state index contributed by atoms with van der Waals surface area (Å²) in [5.74, 6) is 0.183. The number of hydrogen-bond acceptors (Lipinski definition) is 8. The molecule has 12 heteroatoms. The molecule has 4 atom stereocenters. The molecule has 2 aromatic carbocycles. The summed E-state index contributed by atoms with van der Waals surface area (Å²) in [6, 6.07) is 13.0. The average molecular weight is 650 g/mol. The first kappa shape index (κ1) is 35.4. The number of anilines is 2. The standard InChI is InChI=1S/C35H47N5O7/c1-22-19-40(23(2)21-41)34(43)29-18-28(36-35(44)37-32-25(4)38-47-26(32)5)15-16-30(29)46-24(3)12-10-11-17-45-31(22)20-39(6)33(42)27-13-8-7-9-14-27/h7-9,13-16,18,22-24,31,41H,10-12,17,19-21H2,1-6H3,(H2,36,37,44)/t22-,23-,24+,31+/m1/s1. The molecule has 0 bridgehead atoms. The van der Waals surface area contributed by atoms with E-state index in [0.717, 1.165) is 19.3 Å². The topological polar surface area (TPSA) is 146 Å². The monoisotopic (exact) mass is 649 g/mol. The molecule has 0 spiro atoms. The van der Waals surface area contributed by atoms with Crippen LogP contribution >= 0.6 is 0 Å². The molecule has 0 aliphatic carbocycles. The van der Waals surface area contributed by atoms with Crippen molar-refractivity contribution in [1.29, 1.82) is 0 Å². The van der Waals surface area contributed by atoms with Crippen molar-refractivity contribution in [2.75, 3.05) is 44.0 Å². The number of benzene rings is 2. The second-order valence-corrected chi connectivity index (χ2v) is 12.3. The van der Waals surface area contributed by atoms with Crippen molar-refractivity contribution < 1.29 is 33.5 Å². The van der Waals surface area contributed by atoms with Crippen LogP contribution in [-0.2, 0) is 4.74 Å². The van der Waals surface area contributed by atoms with Gasteiger partial charge < -0.3 is 39.5 Å². The highest BCUT2D eigenvalue weighted by molar-refractivity contribution is 6.03. The number of nitrogens with one attached hydrogen (secondary N) is 2. The molecule has 4 amide bonds. The summed E-state index contributed by atoms with van der Waals surface area (Å²) in [6.45, 7) is 9.95. The van der Waals surface area contributed by atoms with Gasteiger partial charge in [-0.1, -0.05) is 30.3 Å². The fraction of sp³-hybridized carbons (Fsp3) is 0.486. The molecule has 12 nitrogen and oxygen atoms in total. The Balaban J connectivity index is 1.61. The summed E-state index contributed by atoms with van der Waals surface area (Å²) in [6.07, 6.45) is 1.82. The molecule has 47 heavy (non-hydrogen) atoms. The zero-order valence-electron chi connectivity index (χ0n) is 28.1. The minimum Gasteiger partial charge on any atom is -0.490 e. The number of amides is 4. The van der Waals surface area contributed by atoms with E-state index < -0.39 is 12.1 Å². The summed E-state index contributed by atoms with van der Waals surface area (Å²) in [7, 11) is 1.75. The number of hydrogen-bond donors (Lipinski definition) is 3. The van der Waals surface area contributed by atoms with Crippen LogP contribution in [-0.4, -0.2) is 89.5 Å². The number of likely N-dealkylation sites (N-methyl/N-ethyl adjacent to an activating group) is 1. The van der Waals surface area contributed by atoms with Gasteiger partial charge in [0, 0.05) is 43.9 Å². The normalized spacial score (nSPS) is 19.9. The molecule has 1 aromatic heterocycles. The minimum absolute atomic E-state index is 0.115. The smallest absolute Gasteiger partial charge is 0.323 e. The molecular formula is C35H47N5O7. The summed E-state index contributed by atoms with van der Waals surface area (Å²) in [5, 5.41) is 19.6. The zero-order valence-corrected chi connectivity index (χ0v) is 28.1. The number of carbonyl (C=O) groups excluding carboxylic acids is 3. The Morgan fingerprint density at radius 3 is 2.53 bits per heavy atom. The van der Waals surface area contributed by atoms with E-state index in [9.17, 15) is 19.5 Å². The Hall–Kier alpha value is -4.42. The maximum Gasteiger partial charge on any atom is 0.323 e. The molecule has 3 N–H and O–H groups in total. The van der Waals surface area contributed by atoms with Crippen LogP contribution in [0.2, 0.25) is 0 Å². The fourth-order valence-electron chi connectivity index (χ4n) is 5.55. The van der Waals surface area contributed by atoms with E-state index in [1.807, 2.05) is 32.0 Å². The van der Waals surface area contributed by atoms with Gasteiger partial charge in [0.25, 0.3) is 11.8 Å². The number of carbonyl (C=O) groups is 3. The third-order valence-corrected chi connectivity index (χ3v) is 8.40. The van der Waals surface area contributed by atoms with Crippen molar-refractivity contribution in [3.05, 3.63) is 71.1 Å². The number of aryl methyl sites for hydroxylation is 2. The molecule has 3 aromatic rings. The van der Waals surface area contributed by atoms with E-state index in [1.165, 1.54) is 0 Å². The quantitative estimate of drug-likeness (QED) is 0.304. The first-order valence-electron chi connectivity index (χ1n) is 16.1. The van der Waals surface area contributed by atoms with Crippen LogP contribution in [0.4, 0.5) is 16.2 Å². The van der Waals surface area contributed by atoms with E-state index in [4.69, 9.17) is 14.0 Å². The van der Waals surface area contributed by atoms with Gasteiger partial charge in [0.1, 0.15) is 17.1 Å².